The van der Waals surface area contributed by atoms with Gasteiger partial charge in [0.2, 0.25) is 0 Å². The van der Waals surface area contributed by atoms with Crippen molar-refractivity contribution in [1.29, 1.82) is 0 Å². The molecule has 1 atom stereocenters. The predicted octanol–water partition coefficient (Wildman–Crippen LogP) is 6.77. The van der Waals surface area contributed by atoms with Crippen LogP contribution in [0, 0.1) is 10.8 Å². The standard InChI is InChI=1S/C20H25F6NO/c1-13(11-17(3,4)19(21,22)23)27(14(2)18(5,6)20(24,25)26)16-9-7-15(12-28)8-10-16/h7-10,12,14H,1,11H2,2-6H3/t14-/m1/s1. The van der Waals surface area contributed by atoms with E-state index in [1.54, 1.807) is 0 Å². The number of nitrogens with zero attached hydrogens (tertiary/aromatic N) is 1. The van der Waals surface area contributed by atoms with E-state index in [2.05, 4.69) is 6.58 Å². The summed E-state index contributed by atoms with van der Waals surface area (Å²) in [5.74, 6) is 0. The van der Waals surface area contributed by atoms with Crippen LogP contribution in [0.4, 0.5) is 32.0 Å². The molecule has 0 saturated carbocycles. The van der Waals surface area contributed by atoms with Gasteiger partial charge in [0.25, 0.3) is 0 Å². The van der Waals surface area contributed by atoms with Crippen LogP contribution < -0.4 is 4.90 Å². The number of benzene rings is 1. The third-order valence-electron chi connectivity index (χ3n) is 5.22. The van der Waals surface area contributed by atoms with Gasteiger partial charge in [-0.15, -0.1) is 0 Å². The van der Waals surface area contributed by atoms with Gasteiger partial charge in [-0.05, 0) is 45.0 Å². The summed E-state index contributed by atoms with van der Waals surface area (Å²) in [5, 5.41) is 0. The van der Waals surface area contributed by atoms with Gasteiger partial charge in [-0.1, -0.05) is 20.4 Å². The molecule has 158 valence electrons. The third-order valence-corrected chi connectivity index (χ3v) is 5.22. The first-order valence-corrected chi connectivity index (χ1v) is 8.61. The molecule has 0 radical (unpaired) electrons. The quantitative estimate of drug-likeness (QED) is 0.366. The minimum absolute atomic E-state index is 0.0917. The second-order valence-electron chi connectivity index (χ2n) is 8.10. The Morgan fingerprint density at radius 1 is 1.00 bits per heavy atom. The molecule has 0 aliphatic heterocycles. The zero-order valence-corrected chi connectivity index (χ0v) is 16.5. The van der Waals surface area contributed by atoms with E-state index in [4.69, 9.17) is 0 Å². The molecule has 1 aromatic carbocycles. The highest BCUT2D eigenvalue weighted by Gasteiger charge is 2.54. The molecule has 2 nitrogen and oxygen atoms in total. The number of halogens is 6. The first-order chi connectivity index (χ1) is 12.5. The summed E-state index contributed by atoms with van der Waals surface area (Å²) < 4.78 is 80.7. The van der Waals surface area contributed by atoms with E-state index < -0.39 is 35.6 Å². The molecule has 0 aromatic heterocycles. The lowest BCUT2D eigenvalue weighted by Crippen LogP contribution is -2.51. The Morgan fingerprint density at radius 2 is 1.46 bits per heavy atom. The van der Waals surface area contributed by atoms with Crippen molar-refractivity contribution in [3.8, 4) is 0 Å². The van der Waals surface area contributed by atoms with Crippen molar-refractivity contribution < 1.29 is 31.1 Å². The molecule has 8 heteroatoms. The Hall–Kier alpha value is -1.99. The summed E-state index contributed by atoms with van der Waals surface area (Å²) in [7, 11) is 0. The van der Waals surface area contributed by atoms with E-state index in [-0.39, 0.29) is 11.4 Å². The Labute approximate surface area is 161 Å². The average molecular weight is 409 g/mol. The molecular weight excluding hydrogens is 384 g/mol. The molecule has 0 aliphatic rings. The van der Waals surface area contributed by atoms with Crippen molar-refractivity contribution in [3.05, 3.63) is 42.1 Å². The smallest absolute Gasteiger partial charge is 0.342 e. The normalized spacial score (nSPS) is 14.5. The second-order valence-corrected chi connectivity index (χ2v) is 8.10. The average Bonchev–Trinajstić information content (AvgIpc) is 2.53. The molecule has 0 spiro atoms. The van der Waals surface area contributed by atoms with Crippen molar-refractivity contribution in [2.24, 2.45) is 10.8 Å². The van der Waals surface area contributed by atoms with E-state index in [0.29, 0.717) is 11.8 Å². The first-order valence-electron chi connectivity index (χ1n) is 8.61. The summed E-state index contributed by atoms with van der Waals surface area (Å²) in [6, 6.07) is 4.35. The van der Waals surface area contributed by atoms with Crippen LogP contribution in [0.25, 0.3) is 0 Å². The molecule has 28 heavy (non-hydrogen) atoms. The number of hydrogen-bond acceptors (Lipinski definition) is 2. The number of alkyl halides is 6. The van der Waals surface area contributed by atoms with Gasteiger partial charge in [0.05, 0.1) is 10.8 Å². The number of aldehydes is 1. The van der Waals surface area contributed by atoms with Crippen molar-refractivity contribution in [1.82, 2.24) is 0 Å². The zero-order chi connectivity index (χ0) is 22.1. The van der Waals surface area contributed by atoms with E-state index in [1.807, 2.05) is 0 Å². The van der Waals surface area contributed by atoms with Gasteiger partial charge in [-0.25, -0.2) is 0 Å². The van der Waals surface area contributed by atoms with Gasteiger partial charge in [0.15, 0.2) is 0 Å². The largest absolute Gasteiger partial charge is 0.395 e. The molecule has 0 fully saturated rings. The number of hydrogen-bond donors (Lipinski definition) is 0. The fraction of sp³-hybridized carbons (Fsp3) is 0.550. The number of allylic oxidation sites excluding steroid dienone is 1. The maximum Gasteiger partial charge on any atom is 0.395 e. The van der Waals surface area contributed by atoms with E-state index in [1.165, 1.54) is 36.1 Å². The number of carbonyl (C=O) groups is 1. The molecule has 0 amide bonds. The van der Waals surface area contributed by atoms with E-state index >= 15 is 0 Å². The van der Waals surface area contributed by atoms with Gasteiger partial charge >= 0.3 is 12.4 Å². The van der Waals surface area contributed by atoms with Crippen molar-refractivity contribution in [3.63, 3.8) is 0 Å². The highest BCUT2D eigenvalue weighted by atomic mass is 19.4. The minimum atomic E-state index is -4.59. The number of carbonyl (C=O) groups excluding carboxylic acids is 1. The van der Waals surface area contributed by atoms with E-state index in [0.717, 1.165) is 27.7 Å². The van der Waals surface area contributed by atoms with Gasteiger partial charge in [0, 0.05) is 29.4 Å². The molecule has 0 unspecified atom stereocenters. The zero-order valence-electron chi connectivity index (χ0n) is 16.5. The van der Waals surface area contributed by atoms with Gasteiger partial charge in [0.1, 0.15) is 6.29 Å². The van der Waals surface area contributed by atoms with Gasteiger partial charge in [-0.2, -0.15) is 26.3 Å². The fourth-order valence-electron chi connectivity index (χ4n) is 2.65. The SMILES string of the molecule is C=C(CC(C)(C)C(F)(F)F)N(c1ccc(C=O)cc1)[C@H](C)C(C)(C)C(F)(F)F. The van der Waals surface area contributed by atoms with Gasteiger partial charge < -0.3 is 4.90 Å². The van der Waals surface area contributed by atoms with Crippen LogP contribution in [-0.2, 0) is 0 Å². The minimum Gasteiger partial charge on any atom is -0.342 e. The van der Waals surface area contributed by atoms with E-state index in [9.17, 15) is 31.1 Å². The molecule has 0 N–H and O–H groups in total. The summed E-state index contributed by atoms with van der Waals surface area (Å²) in [5.41, 5.74) is -3.97. The van der Waals surface area contributed by atoms with Crippen LogP contribution in [0.5, 0.6) is 0 Å². The van der Waals surface area contributed by atoms with Crippen LogP contribution in [0.3, 0.4) is 0 Å². The maximum atomic E-state index is 13.6. The summed E-state index contributed by atoms with van der Waals surface area (Å²) in [4.78, 5) is 12.0. The Kier molecular flexibility index (Phi) is 6.69. The summed E-state index contributed by atoms with van der Waals surface area (Å²) in [6.45, 7) is 8.92. The van der Waals surface area contributed by atoms with Crippen LogP contribution in [0.1, 0.15) is 51.4 Å². The van der Waals surface area contributed by atoms with Crippen LogP contribution >= 0.6 is 0 Å². The molecule has 0 bridgehead atoms. The predicted molar refractivity (Wildman–Crippen MR) is 97.2 cm³/mol. The highest BCUT2D eigenvalue weighted by Crippen LogP contribution is 2.47. The van der Waals surface area contributed by atoms with Gasteiger partial charge in [-0.3, -0.25) is 4.79 Å². The molecule has 1 rings (SSSR count). The molecular formula is C20H25F6NO. The monoisotopic (exact) mass is 409 g/mol. The number of rotatable bonds is 7. The third kappa shape index (κ3) is 4.89. The molecule has 0 saturated heterocycles. The second kappa shape index (κ2) is 7.79. The highest BCUT2D eigenvalue weighted by molar-refractivity contribution is 5.76. The lowest BCUT2D eigenvalue weighted by molar-refractivity contribution is -0.218. The van der Waals surface area contributed by atoms with Crippen LogP contribution in [0.15, 0.2) is 36.5 Å². The van der Waals surface area contributed by atoms with Crippen molar-refractivity contribution >= 4 is 12.0 Å². The topological polar surface area (TPSA) is 20.3 Å². The fourth-order valence-corrected chi connectivity index (χ4v) is 2.65. The Balaban J connectivity index is 3.43. The van der Waals surface area contributed by atoms with Crippen LogP contribution in [-0.4, -0.2) is 24.7 Å². The number of anilines is 1. The lowest BCUT2D eigenvalue weighted by atomic mass is 9.81. The molecule has 0 heterocycles. The molecule has 0 aliphatic carbocycles. The van der Waals surface area contributed by atoms with Crippen molar-refractivity contribution in [2.45, 2.75) is 59.4 Å². The summed E-state index contributed by atoms with van der Waals surface area (Å²) in [6.07, 6.45) is -9.15. The Morgan fingerprint density at radius 3 is 1.82 bits per heavy atom. The first kappa shape index (κ1) is 24.0. The molecule has 1 aromatic rings. The Bertz CT molecular complexity index is 701. The van der Waals surface area contributed by atoms with Crippen molar-refractivity contribution in [2.75, 3.05) is 4.90 Å². The van der Waals surface area contributed by atoms with Crippen LogP contribution in [0.2, 0.25) is 0 Å². The lowest BCUT2D eigenvalue weighted by Gasteiger charge is -2.44. The maximum absolute atomic E-state index is 13.6. The summed E-state index contributed by atoms with van der Waals surface area (Å²) >= 11 is 0.